The number of aliphatic carboxylic acids is 1. The van der Waals surface area contributed by atoms with Gasteiger partial charge in [-0.2, -0.15) is 0 Å². The highest BCUT2D eigenvalue weighted by atomic mass is 16.5. The number of nitrogens with one attached hydrogen (secondary N) is 2. The van der Waals surface area contributed by atoms with Crippen molar-refractivity contribution < 1.29 is 29.3 Å². The summed E-state index contributed by atoms with van der Waals surface area (Å²) in [6.07, 6.45) is 2.26. The molecule has 4 N–H and O–H groups in total. The third kappa shape index (κ3) is 4.91. The average Bonchev–Trinajstić information content (AvgIpc) is 3.44. The smallest absolute Gasteiger partial charge is 0.407 e. The number of alkyl carbamates (subject to hydrolysis) is 1. The first-order valence-corrected chi connectivity index (χ1v) is 10.7. The number of aliphatic hydroxyl groups excluding tert-OH is 1. The van der Waals surface area contributed by atoms with Crippen LogP contribution in [0.1, 0.15) is 27.5 Å². The van der Waals surface area contributed by atoms with Gasteiger partial charge in [0.1, 0.15) is 12.3 Å². The van der Waals surface area contributed by atoms with Gasteiger partial charge in [-0.25, -0.2) is 14.6 Å². The molecule has 0 bridgehead atoms. The number of carbonyl (C=O) groups is 3. The summed E-state index contributed by atoms with van der Waals surface area (Å²) in [7, 11) is 0. The summed E-state index contributed by atoms with van der Waals surface area (Å²) in [6, 6.07) is 14.8. The number of carboxylic acids is 1. The molecule has 176 valence electrons. The van der Waals surface area contributed by atoms with Crippen LogP contribution in [0.4, 0.5) is 4.79 Å². The molecule has 1 atom stereocenters. The number of benzene rings is 2. The van der Waals surface area contributed by atoms with Crippen LogP contribution in [0.25, 0.3) is 11.1 Å². The minimum atomic E-state index is -1.41. The van der Waals surface area contributed by atoms with Crippen LogP contribution >= 0.6 is 0 Å². The van der Waals surface area contributed by atoms with E-state index in [9.17, 15) is 14.4 Å². The molecule has 1 unspecified atom stereocenters. The minimum absolute atomic E-state index is 0.000778. The summed E-state index contributed by atoms with van der Waals surface area (Å²) in [5, 5.41) is 22.8. The fourth-order valence-electron chi connectivity index (χ4n) is 3.95. The van der Waals surface area contributed by atoms with Gasteiger partial charge in [0, 0.05) is 25.2 Å². The number of ether oxygens (including phenoxy) is 1. The predicted molar refractivity (Wildman–Crippen MR) is 121 cm³/mol. The zero-order valence-electron chi connectivity index (χ0n) is 18.2. The summed E-state index contributed by atoms with van der Waals surface area (Å²) >= 11 is 0. The van der Waals surface area contributed by atoms with Gasteiger partial charge < -0.3 is 30.2 Å². The third-order valence-electron chi connectivity index (χ3n) is 5.63. The lowest BCUT2D eigenvalue weighted by Gasteiger charge is -2.14. The Morgan fingerprint density at radius 3 is 2.32 bits per heavy atom. The van der Waals surface area contributed by atoms with E-state index in [2.05, 4.69) is 27.8 Å². The Kier molecular flexibility index (Phi) is 6.88. The zero-order valence-corrected chi connectivity index (χ0v) is 18.2. The second-order valence-corrected chi connectivity index (χ2v) is 7.80. The van der Waals surface area contributed by atoms with Crippen molar-refractivity contribution >= 4 is 18.0 Å². The van der Waals surface area contributed by atoms with Crippen LogP contribution in [0.15, 0.2) is 61.1 Å². The highest BCUT2D eigenvalue weighted by Gasteiger charge is 2.29. The number of imidazole rings is 1. The van der Waals surface area contributed by atoms with Gasteiger partial charge in [0.15, 0.2) is 6.04 Å². The van der Waals surface area contributed by atoms with Crippen LogP contribution < -0.4 is 10.6 Å². The van der Waals surface area contributed by atoms with E-state index in [1.54, 1.807) is 4.57 Å². The molecule has 10 heteroatoms. The van der Waals surface area contributed by atoms with Crippen LogP contribution in [0.5, 0.6) is 0 Å². The van der Waals surface area contributed by atoms with Crippen molar-refractivity contribution in [3.8, 4) is 11.1 Å². The number of aromatic nitrogens is 2. The Morgan fingerprint density at radius 1 is 1.06 bits per heavy atom. The van der Waals surface area contributed by atoms with Crippen molar-refractivity contribution in [3.05, 3.63) is 77.9 Å². The monoisotopic (exact) mass is 464 g/mol. The summed E-state index contributed by atoms with van der Waals surface area (Å²) in [6.45, 7) is 0.0476. The lowest BCUT2D eigenvalue weighted by molar-refractivity contribution is -0.140. The van der Waals surface area contributed by atoms with E-state index < -0.39 is 30.6 Å². The fourth-order valence-corrected chi connectivity index (χ4v) is 3.95. The van der Waals surface area contributed by atoms with Gasteiger partial charge in [0.2, 0.25) is 0 Å². The SMILES string of the molecule is O=C(NCCn1cnc(C(=O)NC(CO)C(=O)O)c1)OCC1c2ccccc2-c2ccccc21. The first-order valence-electron chi connectivity index (χ1n) is 10.7. The van der Waals surface area contributed by atoms with Crippen LogP contribution in [-0.2, 0) is 16.1 Å². The molecule has 0 spiro atoms. The molecule has 2 amide bonds. The van der Waals surface area contributed by atoms with E-state index in [0.717, 1.165) is 22.3 Å². The number of carbonyl (C=O) groups excluding carboxylic acids is 2. The molecule has 0 saturated carbocycles. The quantitative estimate of drug-likeness (QED) is 0.377. The van der Waals surface area contributed by atoms with E-state index in [-0.39, 0.29) is 24.8 Å². The molecule has 4 rings (SSSR count). The van der Waals surface area contributed by atoms with Crippen molar-refractivity contribution in [1.29, 1.82) is 0 Å². The number of rotatable bonds is 9. The lowest BCUT2D eigenvalue weighted by Crippen LogP contribution is -2.43. The number of fused-ring (bicyclic) bond motifs is 3. The van der Waals surface area contributed by atoms with Crippen molar-refractivity contribution in [2.75, 3.05) is 19.8 Å². The van der Waals surface area contributed by atoms with Crippen molar-refractivity contribution in [2.45, 2.75) is 18.5 Å². The van der Waals surface area contributed by atoms with Gasteiger partial charge >= 0.3 is 12.1 Å². The maximum atomic E-state index is 12.2. The van der Waals surface area contributed by atoms with Crippen LogP contribution in [0.3, 0.4) is 0 Å². The summed E-state index contributed by atoms with van der Waals surface area (Å²) in [4.78, 5) is 39.1. The second-order valence-electron chi connectivity index (χ2n) is 7.80. The molecule has 34 heavy (non-hydrogen) atoms. The minimum Gasteiger partial charge on any atom is -0.480 e. The highest BCUT2D eigenvalue weighted by molar-refractivity contribution is 5.94. The van der Waals surface area contributed by atoms with Crippen molar-refractivity contribution in [2.24, 2.45) is 0 Å². The lowest BCUT2D eigenvalue weighted by atomic mass is 9.98. The topological polar surface area (TPSA) is 143 Å². The van der Waals surface area contributed by atoms with E-state index in [0.29, 0.717) is 6.54 Å². The van der Waals surface area contributed by atoms with Gasteiger partial charge in [0.25, 0.3) is 5.91 Å². The van der Waals surface area contributed by atoms with Crippen LogP contribution in [-0.4, -0.2) is 63.5 Å². The average molecular weight is 464 g/mol. The van der Waals surface area contributed by atoms with Crippen LogP contribution in [0.2, 0.25) is 0 Å². The molecule has 0 radical (unpaired) electrons. The van der Waals surface area contributed by atoms with E-state index in [1.807, 2.05) is 36.4 Å². The first-order chi connectivity index (χ1) is 16.5. The summed E-state index contributed by atoms with van der Waals surface area (Å²) < 4.78 is 7.06. The standard InChI is InChI=1S/C24H24N4O6/c29-12-21(23(31)32)27-22(30)20-11-28(14-26-20)10-9-25-24(33)34-13-19-17-7-3-1-5-15(17)16-6-2-4-8-18(16)19/h1-8,11,14,19,21,29H,9-10,12-13H2,(H,25,33)(H,27,30)(H,31,32). The molecule has 10 nitrogen and oxygen atoms in total. The second kappa shape index (κ2) is 10.2. The largest absolute Gasteiger partial charge is 0.480 e. The maximum Gasteiger partial charge on any atom is 0.407 e. The van der Waals surface area contributed by atoms with Crippen LogP contribution in [0, 0.1) is 0 Å². The van der Waals surface area contributed by atoms with Gasteiger partial charge in [-0.15, -0.1) is 0 Å². The number of amides is 2. The molecule has 3 aromatic rings. The normalized spacial score (nSPS) is 13.0. The molecule has 0 saturated heterocycles. The Bertz CT molecular complexity index is 1160. The Morgan fingerprint density at radius 2 is 1.71 bits per heavy atom. The third-order valence-corrected chi connectivity index (χ3v) is 5.63. The fraction of sp³-hybridized carbons (Fsp3) is 0.250. The zero-order chi connectivity index (χ0) is 24.1. The number of hydrogen-bond acceptors (Lipinski definition) is 6. The predicted octanol–water partition coefficient (Wildman–Crippen LogP) is 1.60. The number of hydrogen-bond donors (Lipinski definition) is 4. The van der Waals surface area contributed by atoms with E-state index >= 15 is 0 Å². The first kappa shape index (κ1) is 23.0. The summed E-state index contributed by atoms with van der Waals surface area (Å²) in [5.41, 5.74) is 4.57. The van der Waals surface area contributed by atoms with Gasteiger partial charge in [0.05, 0.1) is 12.9 Å². The number of aliphatic hydroxyl groups is 1. The Hall–Kier alpha value is -4.18. The molecule has 1 aromatic heterocycles. The molecular formula is C24H24N4O6. The van der Waals surface area contributed by atoms with E-state index in [4.69, 9.17) is 14.9 Å². The van der Waals surface area contributed by atoms with E-state index in [1.165, 1.54) is 12.5 Å². The molecule has 1 aliphatic carbocycles. The van der Waals surface area contributed by atoms with Gasteiger partial charge in [-0.1, -0.05) is 48.5 Å². The van der Waals surface area contributed by atoms with Gasteiger partial charge in [-0.05, 0) is 22.3 Å². The Labute approximate surface area is 195 Å². The maximum absolute atomic E-state index is 12.2. The molecule has 0 fully saturated rings. The van der Waals surface area contributed by atoms with Crippen molar-refractivity contribution in [3.63, 3.8) is 0 Å². The highest BCUT2D eigenvalue weighted by Crippen LogP contribution is 2.44. The number of carboxylic acid groups (broad SMARTS) is 1. The molecule has 0 aliphatic heterocycles. The Balaban J connectivity index is 1.26. The molecule has 2 aromatic carbocycles. The summed E-state index contributed by atoms with van der Waals surface area (Å²) in [5.74, 6) is -2.09. The van der Waals surface area contributed by atoms with Gasteiger partial charge in [-0.3, -0.25) is 4.79 Å². The molecule has 1 heterocycles. The van der Waals surface area contributed by atoms with Crippen molar-refractivity contribution in [1.82, 2.24) is 20.2 Å². The number of nitrogens with zero attached hydrogens (tertiary/aromatic N) is 2. The molecular weight excluding hydrogens is 440 g/mol. The molecule has 1 aliphatic rings.